The van der Waals surface area contributed by atoms with Gasteiger partial charge in [-0.2, -0.15) is 0 Å². The van der Waals surface area contributed by atoms with Gasteiger partial charge in [0, 0.05) is 0 Å². The summed E-state index contributed by atoms with van der Waals surface area (Å²) in [5, 5.41) is 7.66. The van der Waals surface area contributed by atoms with Gasteiger partial charge in [-0.05, 0) is 22.3 Å². The Balaban J connectivity index is 2.31. The summed E-state index contributed by atoms with van der Waals surface area (Å²) in [6.45, 7) is 0.439. The van der Waals surface area contributed by atoms with E-state index in [-0.39, 0.29) is 5.92 Å². The lowest BCUT2D eigenvalue weighted by Crippen LogP contribution is -2.01. The summed E-state index contributed by atoms with van der Waals surface area (Å²) < 4.78 is 0. The standard InChI is InChI=1S/C14H12O/c15-9-14-12-7-3-1-5-10(12)11-6-2-4-8-13(11)14/h1-8,14-15H,9H2/p+1. The number of hydrogen-bond donors (Lipinski definition) is 0. The van der Waals surface area contributed by atoms with Gasteiger partial charge in [-0.15, -0.1) is 0 Å². The maximum Gasteiger partial charge on any atom is 0.154 e. The Kier molecular flexibility index (Phi) is 1.86. The van der Waals surface area contributed by atoms with Crippen molar-refractivity contribution < 1.29 is 5.11 Å². The summed E-state index contributed by atoms with van der Waals surface area (Å²) in [5.41, 5.74) is 5.25. The van der Waals surface area contributed by atoms with Gasteiger partial charge in [-0.3, -0.25) is 0 Å². The lowest BCUT2D eigenvalue weighted by Gasteiger charge is -2.06. The van der Waals surface area contributed by atoms with Crippen molar-refractivity contribution in [2.75, 3.05) is 6.61 Å². The molecule has 1 heteroatoms. The van der Waals surface area contributed by atoms with Gasteiger partial charge in [-0.25, -0.2) is 0 Å². The number of rotatable bonds is 1. The smallest absolute Gasteiger partial charge is 0.154 e. The molecule has 0 spiro atoms. The van der Waals surface area contributed by atoms with E-state index < -0.39 is 0 Å². The second kappa shape index (κ2) is 3.21. The largest absolute Gasteiger partial charge is 0.445 e. The molecule has 15 heavy (non-hydrogen) atoms. The van der Waals surface area contributed by atoms with Crippen LogP contribution in [0.4, 0.5) is 0 Å². The van der Waals surface area contributed by atoms with Crippen molar-refractivity contribution in [2.24, 2.45) is 0 Å². The van der Waals surface area contributed by atoms with Crippen molar-refractivity contribution in [1.82, 2.24) is 0 Å². The van der Waals surface area contributed by atoms with Gasteiger partial charge in [0.2, 0.25) is 0 Å². The Labute approximate surface area is 89.0 Å². The molecule has 2 N–H and O–H groups in total. The van der Waals surface area contributed by atoms with Crippen LogP contribution in [0, 0.1) is 0 Å². The topological polar surface area (TPSA) is 22.9 Å². The SMILES string of the molecule is [OH2+]CC1c2ccccc2-c2ccccc21. The van der Waals surface area contributed by atoms with E-state index in [0.717, 1.165) is 0 Å². The average molecular weight is 197 g/mol. The lowest BCUT2D eigenvalue weighted by molar-refractivity contribution is 0.282. The molecule has 0 unspecified atom stereocenters. The van der Waals surface area contributed by atoms with Crippen LogP contribution in [0.2, 0.25) is 0 Å². The van der Waals surface area contributed by atoms with Crippen LogP contribution in [0.1, 0.15) is 17.0 Å². The fourth-order valence-corrected chi connectivity index (χ4v) is 2.48. The molecular formula is C14H13O+. The Morgan fingerprint density at radius 2 is 1.27 bits per heavy atom. The minimum absolute atomic E-state index is 0.275. The van der Waals surface area contributed by atoms with Crippen molar-refractivity contribution in [3.63, 3.8) is 0 Å². The number of benzene rings is 2. The maximum atomic E-state index is 7.66. The second-order valence-corrected chi connectivity index (χ2v) is 3.93. The Bertz CT molecular complexity index is 457. The minimum Gasteiger partial charge on any atom is -0.445 e. The molecule has 0 bridgehead atoms. The van der Waals surface area contributed by atoms with Crippen molar-refractivity contribution in [3.05, 3.63) is 59.7 Å². The first-order chi connectivity index (χ1) is 7.42. The highest BCUT2D eigenvalue weighted by atomic mass is 16.3. The summed E-state index contributed by atoms with van der Waals surface area (Å²) in [4.78, 5) is 0. The van der Waals surface area contributed by atoms with E-state index in [1.165, 1.54) is 22.3 Å². The summed E-state index contributed by atoms with van der Waals surface area (Å²) in [6.07, 6.45) is 0. The lowest BCUT2D eigenvalue weighted by atomic mass is 9.98. The van der Waals surface area contributed by atoms with E-state index in [9.17, 15) is 0 Å². The average Bonchev–Trinajstić information content (AvgIpc) is 2.63. The van der Waals surface area contributed by atoms with Gasteiger partial charge >= 0.3 is 0 Å². The molecule has 0 fully saturated rings. The molecule has 0 amide bonds. The molecule has 0 saturated carbocycles. The second-order valence-electron chi connectivity index (χ2n) is 3.93. The van der Waals surface area contributed by atoms with Crippen molar-refractivity contribution in [1.29, 1.82) is 0 Å². The molecule has 0 radical (unpaired) electrons. The van der Waals surface area contributed by atoms with E-state index in [1.54, 1.807) is 0 Å². The van der Waals surface area contributed by atoms with E-state index in [2.05, 4.69) is 48.5 Å². The summed E-state index contributed by atoms with van der Waals surface area (Å²) in [7, 11) is 0. The van der Waals surface area contributed by atoms with E-state index in [1.807, 2.05) is 0 Å². The zero-order valence-electron chi connectivity index (χ0n) is 8.40. The van der Waals surface area contributed by atoms with Crippen LogP contribution in [-0.2, 0) is 0 Å². The van der Waals surface area contributed by atoms with Crippen molar-refractivity contribution in [2.45, 2.75) is 5.92 Å². The highest BCUT2D eigenvalue weighted by Gasteiger charge is 2.28. The molecule has 0 aliphatic heterocycles. The van der Waals surface area contributed by atoms with Gasteiger partial charge in [0.05, 0.1) is 5.92 Å². The Morgan fingerprint density at radius 1 is 0.800 bits per heavy atom. The fourth-order valence-electron chi connectivity index (χ4n) is 2.48. The quantitative estimate of drug-likeness (QED) is 0.627. The molecular weight excluding hydrogens is 184 g/mol. The predicted octanol–water partition coefficient (Wildman–Crippen LogP) is 2.52. The molecule has 3 rings (SSSR count). The first-order valence-electron chi connectivity index (χ1n) is 5.24. The molecule has 74 valence electrons. The normalized spacial score (nSPS) is 13.7. The van der Waals surface area contributed by atoms with E-state index in [4.69, 9.17) is 5.11 Å². The third-order valence-corrected chi connectivity index (χ3v) is 3.17. The van der Waals surface area contributed by atoms with Gasteiger partial charge in [0.15, 0.2) is 6.61 Å². The molecule has 0 aromatic heterocycles. The van der Waals surface area contributed by atoms with E-state index >= 15 is 0 Å². The molecule has 1 aliphatic carbocycles. The first-order valence-corrected chi connectivity index (χ1v) is 5.24. The molecule has 0 saturated heterocycles. The van der Waals surface area contributed by atoms with Crippen LogP contribution in [0.15, 0.2) is 48.5 Å². The van der Waals surface area contributed by atoms with Crippen molar-refractivity contribution >= 4 is 0 Å². The van der Waals surface area contributed by atoms with Gasteiger partial charge in [0.1, 0.15) is 0 Å². The van der Waals surface area contributed by atoms with Gasteiger partial charge in [-0.1, -0.05) is 48.5 Å². The zero-order chi connectivity index (χ0) is 10.3. The Morgan fingerprint density at radius 3 is 1.73 bits per heavy atom. The molecule has 2 aromatic carbocycles. The van der Waals surface area contributed by atoms with Crippen LogP contribution in [0.25, 0.3) is 11.1 Å². The molecule has 1 aliphatic rings. The Hall–Kier alpha value is -1.60. The number of fused-ring (bicyclic) bond motifs is 3. The fraction of sp³-hybridized carbons (Fsp3) is 0.143. The summed E-state index contributed by atoms with van der Waals surface area (Å²) >= 11 is 0. The highest BCUT2D eigenvalue weighted by molar-refractivity contribution is 5.78. The van der Waals surface area contributed by atoms with Crippen LogP contribution >= 0.6 is 0 Å². The van der Waals surface area contributed by atoms with Crippen LogP contribution in [-0.4, -0.2) is 11.7 Å². The van der Waals surface area contributed by atoms with Crippen LogP contribution in [0.5, 0.6) is 0 Å². The van der Waals surface area contributed by atoms with Crippen LogP contribution in [0.3, 0.4) is 0 Å². The summed E-state index contributed by atoms with van der Waals surface area (Å²) in [5.74, 6) is 0.275. The molecule has 0 heterocycles. The third-order valence-electron chi connectivity index (χ3n) is 3.17. The van der Waals surface area contributed by atoms with Crippen LogP contribution < -0.4 is 0 Å². The molecule has 2 aromatic rings. The minimum atomic E-state index is 0.275. The highest BCUT2D eigenvalue weighted by Crippen LogP contribution is 2.43. The van der Waals surface area contributed by atoms with Gasteiger partial charge < -0.3 is 5.11 Å². The molecule has 0 atom stereocenters. The van der Waals surface area contributed by atoms with Gasteiger partial charge in [0.25, 0.3) is 0 Å². The zero-order valence-corrected chi connectivity index (χ0v) is 8.40. The van der Waals surface area contributed by atoms with E-state index in [0.29, 0.717) is 6.61 Å². The monoisotopic (exact) mass is 197 g/mol. The first kappa shape index (κ1) is 8.69. The predicted molar refractivity (Wildman–Crippen MR) is 62.2 cm³/mol. The van der Waals surface area contributed by atoms with Crippen molar-refractivity contribution in [3.8, 4) is 11.1 Å². The third kappa shape index (κ3) is 1.13. The maximum absolute atomic E-state index is 7.66. The number of hydrogen-bond acceptors (Lipinski definition) is 0. The summed E-state index contributed by atoms with van der Waals surface area (Å²) in [6, 6.07) is 16.9. The molecule has 1 nitrogen and oxygen atoms in total.